The van der Waals surface area contributed by atoms with Crippen LogP contribution in [0.3, 0.4) is 0 Å². The predicted molar refractivity (Wildman–Crippen MR) is 195 cm³/mol. The zero-order valence-corrected chi connectivity index (χ0v) is 33.7. The molecule has 0 saturated heterocycles. The van der Waals surface area contributed by atoms with Gasteiger partial charge in [-0.25, -0.2) is 8.42 Å². The van der Waals surface area contributed by atoms with Gasteiger partial charge in [-0.05, 0) is 46.5 Å². The lowest BCUT2D eigenvalue weighted by atomic mass is 10.2. The Kier molecular flexibility index (Phi) is 39.3. The third-order valence-electron chi connectivity index (χ3n) is 6.88. The van der Waals surface area contributed by atoms with Gasteiger partial charge in [-0.3, -0.25) is 8.37 Å². The fraction of sp³-hybridized carbons (Fsp3) is 1.00. The van der Waals surface area contributed by atoms with Gasteiger partial charge in [0.05, 0.1) is 45.4 Å². The Bertz CT molecular complexity index is 744. The maximum Gasteiger partial charge on any atom is 0.304 e. The van der Waals surface area contributed by atoms with Crippen LogP contribution in [0.2, 0.25) is 0 Å². The monoisotopic (exact) mass is 740 g/mol. The number of ether oxygens (including phenoxy) is 4. The molecular formula is C34H73ClO10S2. The second-order valence-electron chi connectivity index (χ2n) is 11.8. The van der Waals surface area contributed by atoms with E-state index in [2.05, 4.69) is 38.4 Å². The molecule has 0 aliphatic heterocycles. The van der Waals surface area contributed by atoms with E-state index in [0.29, 0.717) is 33.0 Å². The van der Waals surface area contributed by atoms with E-state index in [1.165, 1.54) is 71.1 Å². The summed E-state index contributed by atoms with van der Waals surface area (Å²) in [5.74, 6) is -1.67. The highest BCUT2D eigenvalue weighted by Crippen LogP contribution is 2.17. The van der Waals surface area contributed by atoms with E-state index < -0.39 is 32.0 Å². The van der Waals surface area contributed by atoms with E-state index in [1.54, 1.807) is 6.92 Å². The van der Waals surface area contributed by atoms with Crippen molar-refractivity contribution in [1.29, 1.82) is 0 Å². The van der Waals surface area contributed by atoms with E-state index in [9.17, 15) is 17.7 Å². The van der Waals surface area contributed by atoms with E-state index in [1.807, 2.05) is 13.8 Å². The van der Waals surface area contributed by atoms with Crippen LogP contribution in [-0.4, -0.2) is 81.3 Å². The van der Waals surface area contributed by atoms with Gasteiger partial charge in [-0.2, -0.15) is 4.21 Å². The Labute approximate surface area is 296 Å². The number of aliphatic hydroxyl groups excluding tert-OH is 1. The summed E-state index contributed by atoms with van der Waals surface area (Å²) in [5.41, 5.74) is 0. The molecule has 0 heterocycles. The molecule has 0 radical (unpaired) electrons. The van der Waals surface area contributed by atoms with Crippen LogP contribution in [0, 0.1) is 0 Å². The number of hydrogen-bond acceptors (Lipinski definition) is 10. The molecule has 0 spiro atoms. The fourth-order valence-corrected chi connectivity index (χ4v) is 4.38. The number of aliphatic hydroxyl groups is 1. The van der Waals surface area contributed by atoms with Crippen LogP contribution < -0.4 is 0 Å². The van der Waals surface area contributed by atoms with Gasteiger partial charge in [0.25, 0.3) is 0 Å². The maximum atomic E-state index is 11.5. The van der Waals surface area contributed by atoms with Gasteiger partial charge < -0.3 is 24.1 Å². The zero-order chi connectivity index (χ0) is 36.3. The minimum Gasteiger partial charge on any atom is -0.391 e. The number of hydrogen-bond donors (Lipinski definition) is 1. The highest BCUT2D eigenvalue weighted by molar-refractivity contribution is 8.13. The van der Waals surface area contributed by atoms with Crippen molar-refractivity contribution in [3.05, 3.63) is 0 Å². The summed E-state index contributed by atoms with van der Waals surface area (Å²) in [4.78, 5) is 0. The predicted octanol–water partition coefficient (Wildman–Crippen LogP) is 8.99. The standard InChI is InChI=1S/C17H36O5S.C15H32O3.C2H5ClO2S/c1-5-8-10-12-14-19-17(4,16-22-23(18)21-7-3)20-15-13-11-9-6-2;1-4-6-8-10-12-17-15(3,14-16)18-13-11-9-7-5-2;1-2-6(3,4)5/h5-16H2,1-4H3;16H,4-14H2,1-3H3;2H2,1H3. The minimum absolute atomic E-state index is 0.00849. The van der Waals surface area contributed by atoms with Crippen LogP contribution in [0.1, 0.15) is 158 Å². The lowest BCUT2D eigenvalue weighted by Gasteiger charge is -2.29. The van der Waals surface area contributed by atoms with E-state index in [4.69, 9.17) is 27.3 Å². The van der Waals surface area contributed by atoms with Gasteiger partial charge in [0, 0.05) is 10.7 Å². The van der Waals surface area contributed by atoms with Crippen molar-refractivity contribution in [3.63, 3.8) is 0 Å². The summed E-state index contributed by atoms with van der Waals surface area (Å²) in [6.45, 7) is 18.6. The Hall–Kier alpha value is 0.110. The third kappa shape index (κ3) is 40.4. The molecule has 0 amide bonds. The molecular weight excluding hydrogens is 668 g/mol. The minimum atomic E-state index is -3.19. The first-order valence-electron chi connectivity index (χ1n) is 18.1. The van der Waals surface area contributed by atoms with Crippen molar-refractivity contribution in [2.45, 2.75) is 170 Å². The first-order chi connectivity index (χ1) is 22.3. The van der Waals surface area contributed by atoms with Crippen LogP contribution in [0.4, 0.5) is 0 Å². The molecule has 0 aromatic rings. The van der Waals surface area contributed by atoms with Gasteiger partial charge in [0.1, 0.15) is 6.61 Å². The first-order valence-corrected chi connectivity index (χ1v) is 21.6. The van der Waals surface area contributed by atoms with Gasteiger partial charge in [0.15, 0.2) is 11.6 Å². The molecule has 0 rings (SSSR count). The van der Waals surface area contributed by atoms with Crippen molar-refractivity contribution >= 4 is 31.1 Å². The Morgan fingerprint density at radius 3 is 1.15 bits per heavy atom. The van der Waals surface area contributed by atoms with Crippen molar-refractivity contribution < 1.29 is 45.0 Å². The summed E-state index contributed by atoms with van der Waals surface area (Å²) in [6, 6.07) is 0. The van der Waals surface area contributed by atoms with Gasteiger partial charge >= 0.3 is 11.4 Å². The Morgan fingerprint density at radius 2 is 0.894 bits per heavy atom. The van der Waals surface area contributed by atoms with Crippen LogP contribution in [-0.2, 0) is 47.7 Å². The van der Waals surface area contributed by atoms with E-state index in [-0.39, 0.29) is 19.0 Å². The first kappa shape index (κ1) is 51.5. The fourth-order valence-electron chi connectivity index (χ4n) is 3.81. The number of unbranched alkanes of at least 4 members (excludes halogenated alkanes) is 12. The van der Waals surface area contributed by atoms with Crippen molar-refractivity contribution in [1.82, 2.24) is 0 Å². The van der Waals surface area contributed by atoms with Crippen LogP contribution in [0.25, 0.3) is 0 Å². The Balaban J connectivity index is -0.000000715. The Morgan fingerprint density at radius 1 is 0.574 bits per heavy atom. The highest BCUT2D eigenvalue weighted by Gasteiger charge is 2.28. The summed E-state index contributed by atoms with van der Waals surface area (Å²) in [7, 11) is 1.50. The van der Waals surface area contributed by atoms with Crippen LogP contribution in [0.5, 0.6) is 0 Å². The molecule has 0 aliphatic carbocycles. The molecule has 0 bridgehead atoms. The molecule has 13 heteroatoms. The quantitative estimate of drug-likeness (QED) is 0.0418. The molecule has 1 atom stereocenters. The zero-order valence-electron chi connectivity index (χ0n) is 31.3. The SMILES string of the molecule is CCCCCCOC(C)(CO)OCCCCCC.CCCCCCOC(C)(COS(=O)OCC)OCCCCCC.CCS(=O)(=O)Cl. The summed E-state index contributed by atoms with van der Waals surface area (Å²) < 4.78 is 64.2. The molecule has 0 aliphatic rings. The molecule has 1 N–H and O–H groups in total. The third-order valence-corrected chi connectivity index (χ3v) is 8.97. The maximum absolute atomic E-state index is 11.5. The average Bonchev–Trinajstić information content (AvgIpc) is 3.04. The molecule has 10 nitrogen and oxygen atoms in total. The van der Waals surface area contributed by atoms with Gasteiger partial charge in [0.2, 0.25) is 9.05 Å². The molecule has 1 unspecified atom stereocenters. The summed E-state index contributed by atoms with van der Waals surface area (Å²) >= 11 is -1.75. The highest BCUT2D eigenvalue weighted by atomic mass is 35.7. The number of rotatable bonds is 31. The molecule has 0 fully saturated rings. The molecule has 0 saturated carbocycles. The largest absolute Gasteiger partial charge is 0.391 e. The van der Waals surface area contributed by atoms with E-state index in [0.717, 1.165) is 38.5 Å². The lowest BCUT2D eigenvalue weighted by molar-refractivity contribution is -0.244. The molecule has 47 heavy (non-hydrogen) atoms. The number of halogens is 1. The normalized spacial score (nSPS) is 12.6. The lowest BCUT2D eigenvalue weighted by Crippen LogP contribution is -2.39. The van der Waals surface area contributed by atoms with Crippen molar-refractivity contribution in [2.75, 3.05) is 52.0 Å². The van der Waals surface area contributed by atoms with E-state index >= 15 is 0 Å². The summed E-state index contributed by atoms with van der Waals surface area (Å²) in [5, 5.41) is 9.34. The average molecular weight is 742 g/mol. The van der Waals surface area contributed by atoms with Crippen LogP contribution >= 0.6 is 10.7 Å². The van der Waals surface area contributed by atoms with Crippen molar-refractivity contribution in [3.8, 4) is 0 Å². The molecule has 0 aromatic carbocycles. The second kappa shape index (κ2) is 35.9. The van der Waals surface area contributed by atoms with Gasteiger partial charge in [-0.15, -0.1) is 0 Å². The van der Waals surface area contributed by atoms with Crippen LogP contribution in [0.15, 0.2) is 0 Å². The molecule has 288 valence electrons. The smallest absolute Gasteiger partial charge is 0.304 e. The van der Waals surface area contributed by atoms with Crippen molar-refractivity contribution in [2.24, 2.45) is 0 Å². The topological polar surface area (TPSA) is 127 Å². The second-order valence-corrected chi connectivity index (χ2v) is 15.7. The van der Waals surface area contributed by atoms with Gasteiger partial charge in [-0.1, -0.05) is 112 Å². The summed E-state index contributed by atoms with van der Waals surface area (Å²) in [6.07, 6.45) is 18.5. The molecule has 0 aromatic heterocycles.